The molecule has 1 aromatic carbocycles. The molecule has 1 rings (SSSR count). The van der Waals surface area contributed by atoms with Crippen molar-refractivity contribution in [1.82, 2.24) is 0 Å². The minimum absolute atomic E-state index is 0. The van der Waals surface area contributed by atoms with Gasteiger partial charge in [0.1, 0.15) is 11.5 Å². The Labute approximate surface area is 140 Å². The van der Waals surface area contributed by atoms with Gasteiger partial charge in [-0.05, 0) is 49.9 Å². The predicted molar refractivity (Wildman–Crippen MR) is 95.3 cm³/mol. The van der Waals surface area contributed by atoms with Gasteiger partial charge >= 0.3 is 0 Å². The van der Waals surface area contributed by atoms with E-state index in [9.17, 15) is 0 Å². The van der Waals surface area contributed by atoms with E-state index in [1.807, 2.05) is 24.3 Å². The van der Waals surface area contributed by atoms with Crippen molar-refractivity contribution < 1.29 is 9.47 Å². The minimum Gasteiger partial charge on any atom is -0.494 e. The van der Waals surface area contributed by atoms with Crippen LogP contribution in [0.1, 0.15) is 39.0 Å². The van der Waals surface area contributed by atoms with E-state index in [0.717, 1.165) is 62.6 Å². The van der Waals surface area contributed by atoms with Crippen LogP contribution >= 0.6 is 25.0 Å². The Hall–Kier alpha value is -0.580. The molecule has 0 radical (unpaired) electrons. The SMILES string of the molecule is CCCCOc1ccc(OCCCC[C@@H](N)CS)cc1.Cl. The summed E-state index contributed by atoms with van der Waals surface area (Å²) in [5, 5.41) is 0. The van der Waals surface area contributed by atoms with E-state index < -0.39 is 0 Å². The Kier molecular flexibility index (Phi) is 12.7. The van der Waals surface area contributed by atoms with E-state index in [1.54, 1.807) is 0 Å². The fraction of sp³-hybridized carbons (Fsp3) is 0.625. The third kappa shape index (κ3) is 9.88. The van der Waals surface area contributed by atoms with Crippen LogP contribution in [0, 0.1) is 0 Å². The molecule has 0 aliphatic heterocycles. The summed E-state index contributed by atoms with van der Waals surface area (Å²) in [6, 6.07) is 8.04. The number of benzene rings is 1. The molecule has 0 amide bonds. The van der Waals surface area contributed by atoms with Gasteiger partial charge in [-0.2, -0.15) is 12.6 Å². The molecule has 1 atom stereocenters. The van der Waals surface area contributed by atoms with Crippen LogP contribution in [0.15, 0.2) is 24.3 Å². The molecule has 2 N–H and O–H groups in total. The van der Waals surface area contributed by atoms with E-state index in [1.165, 1.54) is 0 Å². The summed E-state index contributed by atoms with van der Waals surface area (Å²) < 4.78 is 11.3. The second-order valence-electron chi connectivity index (χ2n) is 4.96. The van der Waals surface area contributed by atoms with E-state index in [0.29, 0.717) is 0 Å². The largest absolute Gasteiger partial charge is 0.494 e. The molecule has 0 saturated carbocycles. The molecule has 0 fully saturated rings. The highest BCUT2D eigenvalue weighted by molar-refractivity contribution is 7.80. The lowest BCUT2D eigenvalue weighted by Crippen LogP contribution is -2.21. The lowest BCUT2D eigenvalue weighted by Gasteiger charge is -2.10. The first-order chi connectivity index (χ1) is 9.76. The maximum absolute atomic E-state index is 5.80. The number of unbranched alkanes of at least 4 members (excludes halogenated alkanes) is 2. The predicted octanol–water partition coefficient (Wildman–Crippen LogP) is 4.09. The van der Waals surface area contributed by atoms with Crippen LogP contribution in [0.25, 0.3) is 0 Å². The van der Waals surface area contributed by atoms with Crippen LogP contribution in [0.4, 0.5) is 0 Å². The lowest BCUT2D eigenvalue weighted by molar-refractivity contribution is 0.298. The van der Waals surface area contributed by atoms with Gasteiger partial charge in [-0.25, -0.2) is 0 Å². The van der Waals surface area contributed by atoms with Crippen molar-refractivity contribution in [2.75, 3.05) is 19.0 Å². The van der Waals surface area contributed by atoms with Crippen molar-refractivity contribution in [3.63, 3.8) is 0 Å². The van der Waals surface area contributed by atoms with Crippen LogP contribution in [-0.2, 0) is 0 Å². The fourth-order valence-electron chi connectivity index (χ4n) is 1.76. The molecule has 122 valence electrons. The summed E-state index contributed by atoms with van der Waals surface area (Å²) in [6.45, 7) is 3.67. The van der Waals surface area contributed by atoms with Crippen LogP contribution in [0.5, 0.6) is 11.5 Å². The lowest BCUT2D eigenvalue weighted by atomic mass is 10.1. The normalized spacial score (nSPS) is 11.6. The van der Waals surface area contributed by atoms with Gasteiger partial charge in [0.2, 0.25) is 0 Å². The molecular weight excluding hydrogens is 306 g/mol. The summed E-state index contributed by atoms with van der Waals surface area (Å²) in [5.74, 6) is 2.55. The van der Waals surface area contributed by atoms with Crippen LogP contribution < -0.4 is 15.2 Å². The number of hydrogen-bond acceptors (Lipinski definition) is 4. The van der Waals surface area contributed by atoms with E-state index in [2.05, 4.69) is 19.6 Å². The monoisotopic (exact) mass is 333 g/mol. The zero-order valence-electron chi connectivity index (χ0n) is 12.8. The first-order valence-corrected chi connectivity index (χ1v) is 8.11. The number of hydrogen-bond donors (Lipinski definition) is 2. The summed E-state index contributed by atoms with van der Waals surface area (Å²) in [5.41, 5.74) is 5.80. The van der Waals surface area contributed by atoms with E-state index in [-0.39, 0.29) is 18.4 Å². The maximum Gasteiger partial charge on any atom is 0.119 e. The van der Waals surface area contributed by atoms with Gasteiger partial charge in [-0.3, -0.25) is 0 Å². The first-order valence-electron chi connectivity index (χ1n) is 7.48. The summed E-state index contributed by atoms with van der Waals surface area (Å²) in [6.07, 6.45) is 5.36. The second-order valence-corrected chi connectivity index (χ2v) is 5.33. The molecule has 0 bridgehead atoms. The number of ether oxygens (including phenoxy) is 2. The Morgan fingerprint density at radius 1 is 1.00 bits per heavy atom. The van der Waals surface area contributed by atoms with Gasteiger partial charge in [0.05, 0.1) is 13.2 Å². The fourth-order valence-corrected chi connectivity index (χ4v) is 1.94. The summed E-state index contributed by atoms with van der Waals surface area (Å²) in [4.78, 5) is 0. The molecule has 21 heavy (non-hydrogen) atoms. The maximum atomic E-state index is 5.80. The summed E-state index contributed by atoms with van der Waals surface area (Å²) >= 11 is 4.17. The molecule has 3 nitrogen and oxygen atoms in total. The van der Waals surface area contributed by atoms with Gasteiger partial charge < -0.3 is 15.2 Å². The number of rotatable bonds is 11. The molecule has 1 aromatic rings. The topological polar surface area (TPSA) is 44.5 Å². The summed E-state index contributed by atoms with van der Waals surface area (Å²) in [7, 11) is 0. The number of thiol groups is 1. The van der Waals surface area contributed by atoms with Crippen molar-refractivity contribution in [3.05, 3.63) is 24.3 Å². The zero-order valence-corrected chi connectivity index (χ0v) is 14.5. The van der Waals surface area contributed by atoms with Crippen molar-refractivity contribution in [2.45, 2.75) is 45.1 Å². The minimum atomic E-state index is 0. The molecule has 0 saturated heterocycles. The molecule has 0 aliphatic rings. The highest BCUT2D eigenvalue weighted by Crippen LogP contribution is 2.18. The smallest absolute Gasteiger partial charge is 0.119 e. The van der Waals surface area contributed by atoms with Crippen molar-refractivity contribution in [1.29, 1.82) is 0 Å². The zero-order chi connectivity index (χ0) is 14.6. The van der Waals surface area contributed by atoms with Crippen LogP contribution in [-0.4, -0.2) is 25.0 Å². The van der Waals surface area contributed by atoms with Crippen LogP contribution in [0.2, 0.25) is 0 Å². The molecule has 5 heteroatoms. The number of nitrogens with two attached hydrogens (primary N) is 1. The number of halogens is 1. The standard InChI is InChI=1S/C16H27NO2S.ClH/c1-2-3-11-18-15-7-9-16(10-8-15)19-12-5-4-6-14(17)13-20;/h7-10,14,20H,2-6,11-13,17H2,1H3;1H/t14-;/m1./s1. The second kappa shape index (κ2) is 13.1. The highest BCUT2D eigenvalue weighted by atomic mass is 35.5. The Bertz CT molecular complexity index is 349. The van der Waals surface area contributed by atoms with Gasteiger partial charge in [-0.15, -0.1) is 12.4 Å². The van der Waals surface area contributed by atoms with Crippen LogP contribution in [0.3, 0.4) is 0 Å². The average Bonchev–Trinajstić information content (AvgIpc) is 2.48. The Balaban J connectivity index is 0.00000400. The van der Waals surface area contributed by atoms with Gasteiger partial charge in [-0.1, -0.05) is 13.3 Å². The Morgan fingerprint density at radius 2 is 1.52 bits per heavy atom. The molecule has 0 unspecified atom stereocenters. The third-order valence-electron chi connectivity index (χ3n) is 3.06. The molecular formula is C16H28ClNO2S. The molecule has 0 aliphatic carbocycles. The Morgan fingerprint density at radius 3 is 2.00 bits per heavy atom. The van der Waals surface area contributed by atoms with Gasteiger partial charge in [0.15, 0.2) is 0 Å². The molecule has 0 spiro atoms. The third-order valence-corrected chi connectivity index (χ3v) is 3.53. The first kappa shape index (κ1) is 20.4. The average molecular weight is 334 g/mol. The van der Waals surface area contributed by atoms with Gasteiger partial charge in [0.25, 0.3) is 0 Å². The van der Waals surface area contributed by atoms with Crippen molar-refractivity contribution >= 4 is 25.0 Å². The van der Waals surface area contributed by atoms with E-state index >= 15 is 0 Å². The van der Waals surface area contributed by atoms with Gasteiger partial charge in [0, 0.05) is 11.8 Å². The van der Waals surface area contributed by atoms with Crippen molar-refractivity contribution in [2.24, 2.45) is 5.73 Å². The quantitative estimate of drug-likeness (QED) is 0.473. The highest BCUT2D eigenvalue weighted by Gasteiger charge is 2.00. The molecule has 0 heterocycles. The molecule has 0 aromatic heterocycles. The van der Waals surface area contributed by atoms with E-state index in [4.69, 9.17) is 15.2 Å². The van der Waals surface area contributed by atoms with Crippen molar-refractivity contribution in [3.8, 4) is 11.5 Å².